The number of nitrogens with two attached hydrogens (primary N) is 1. The molecule has 0 amide bonds. The van der Waals surface area contributed by atoms with Gasteiger partial charge in [0.15, 0.2) is 0 Å². The van der Waals surface area contributed by atoms with E-state index in [1.54, 1.807) is 0 Å². The largest absolute Gasteiger partial charge is 0.389 e. The van der Waals surface area contributed by atoms with Gasteiger partial charge in [-0.3, -0.25) is 0 Å². The summed E-state index contributed by atoms with van der Waals surface area (Å²) in [7, 11) is 0. The molecule has 3 N–H and O–H groups in total. The first-order valence-corrected chi connectivity index (χ1v) is 7.92. The predicted octanol–water partition coefficient (Wildman–Crippen LogP) is 2.76. The summed E-state index contributed by atoms with van der Waals surface area (Å²) in [5.74, 6) is 4.20. The second kappa shape index (κ2) is 3.94. The van der Waals surface area contributed by atoms with Crippen molar-refractivity contribution in [2.45, 2.75) is 44.6 Å². The first kappa shape index (κ1) is 11.2. The molecule has 4 heteroatoms. The molecule has 4 fully saturated rings. The molecule has 18 heavy (non-hydrogen) atoms. The Morgan fingerprint density at radius 3 is 2.22 bits per heavy atom. The van der Waals surface area contributed by atoms with Crippen LogP contribution in [0.3, 0.4) is 0 Å². The van der Waals surface area contributed by atoms with E-state index < -0.39 is 0 Å². The fourth-order valence-corrected chi connectivity index (χ4v) is 5.82. The standard InChI is InChI=1S/C14H20N2OS/c15-14-13(16-11(6-17)18-14)12-9-2-7-1-8(4-9)5-10(12)3-7/h7-10,12,17H,1-6,15H2. The summed E-state index contributed by atoms with van der Waals surface area (Å²) in [6.45, 7) is 0.0299. The average Bonchev–Trinajstić information content (AvgIpc) is 2.69. The van der Waals surface area contributed by atoms with Crippen molar-refractivity contribution in [2.24, 2.45) is 23.7 Å². The molecule has 5 rings (SSSR count). The lowest BCUT2D eigenvalue weighted by atomic mass is 9.51. The molecule has 4 saturated carbocycles. The number of rotatable bonds is 2. The summed E-state index contributed by atoms with van der Waals surface area (Å²) in [5, 5.41) is 10.9. The van der Waals surface area contributed by atoms with Crippen molar-refractivity contribution in [3.63, 3.8) is 0 Å². The Morgan fingerprint density at radius 2 is 1.72 bits per heavy atom. The van der Waals surface area contributed by atoms with Crippen molar-refractivity contribution in [2.75, 3.05) is 5.73 Å². The quantitative estimate of drug-likeness (QED) is 0.863. The highest BCUT2D eigenvalue weighted by Gasteiger charge is 2.49. The van der Waals surface area contributed by atoms with E-state index in [1.165, 1.54) is 43.4 Å². The van der Waals surface area contributed by atoms with E-state index in [0.29, 0.717) is 5.92 Å². The first-order chi connectivity index (χ1) is 8.74. The second-order valence-electron chi connectivity index (χ2n) is 6.47. The van der Waals surface area contributed by atoms with Crippen LogP contribution in [-0.4, -0.2) is 10.1 Å². The van der Waals surface area contributed by atoms with Gasteiger partial charge in [-0.05, 0) is 55.8 Å². The topological polar surface area (TPSA) is 59.1 Å². The van der Waals surface area contributed by atoms with Gasteiger partial charge in [0, 0.05) is 5.92 Å². The zero-order valence-corrected chi connectivity index (χ0v) is 11.3. The van der Waals surface area contributed by atoms with E-state index in [1.807, 2.05) is 0 Å². The van der Waals surface area contributed by atoms with E-state index in [9.17, 15) is 5.11 Å². The van der Waals surface area contributed by atoms with E-state index in [0.717, 1.165) is 39.4 Å². The van der Waals surface area contributed by atoms with Crippen LogP contribution in [0.15, 0.2) is 0 Å². The van der Waals surface area contributed by atoms with Gasteiger partial charge in [-0.1, -0.05) is 11.3 Å². The number of hydrogen-bond acceptors (Lipinski definition) is 4. The van der Waals surface area contributed by atoms with Gasteiger partial charge in [0.25, 0.3) is 0 Å². The smallest absolute Gasteiger partial charge is 0.120 e. The van der Waals surface area contributed by atoms with Crippen LogP contribution < -0.4 is 5.73 Å². The molecule has 0 saturated heterocycles. The lowest BCUT2D eigenvalue weighted by Crippen LogP contribution is -2.44. The minimum Gasteiger partial charge on any atom is -0.389 e. The molecule has 4 aliphatic carbocycles. The summed E-state index contributed by atoms with van der Waals surface area (Å²) >= 11 is 1.48. The van der Waals surface area contributed by atoms with Gasteiger partial charge in [-0.25, -0.2) is 4.98 Å². The number of aliphatic hydroxyl groups is 1. The Kier molecular flexibility index (Phi) is 2.46. The number of hydrogen-bond donors (Lipinski definition) is 2. The van der Waals surface area contributed by atoms with Crippen LogP contribution in [0.1, 0.15) is 48.7 Å². The number of thiazole rings is 1. The summed E-state index contributed by atoms with van der Waals surface area (Å²) in [5.41, 5.74) is 7.26. The molecule has 3 nitrogen and oxygen atoms in total. The van der Waals surface area contributed by atoms with Gasteiger partial charge < -0.3 is 10.8 Å². The molecule has 0 unspecified atom stereocenters. The van der Waals surface area contributed by atoms with Crippen molar-refractivity contribution >= 4 is 16.3 Å². The summed E-state index contributed by atoms with van der Waals surface area (Å²) < 4.78 is 0. The normalized spacial score (nSPS) is 41.5. The van der Waals surface area contributed by atoms with Crippen molar-refractivity contribution in [1.29, 1.82) is 0 Å². The second-order valence-corrected chi connectivity index (χ2v) is 7.59. The maximum Gasteiger partial charge on any atom is 0.120 e. The zero-order valence-electron chi connectivity index (χ0n) is 10.5. The molecular formula is C14H20N2OS. The van der Waals surface area contributed by atoms with Crippen molar-refractivity contribution in [3.8, 4) is 0 Å². The highest BCUT2D eigenvalue weighted by atomic mass is 32.1. The Morgan fingerprint density at radius 1 is 1.11 bits per heavy atom. The average molecular weight is 264 g/mol. The third-order valence-corrected chi connectivity index (χ3v) is 6.29. The van der Waals surface area contributed by atoms with Crippen molar-refractivity contribution < 1.29 is 5.11 Å². The SMILES string of the molecule is Nc1sc(CO)nc1C1C2CC3CC(C2)CC1C3. The zero-order chi connectivity index (χ0) is 12.3. The van der Waals surface area contributed by atoms with Gasteiger partial charge in [0.2, 0.25) is 0 Å². The number of anilines is 1. The van der Waals surface area contributed by atoms with Gasteiger partial charge in [0.1, 0.15) is 10.0 Å². The maximum absolute atomic E-state index is 9.22. The van der Waals surface area contributed by atoms with Crippen molar-refractivity contribution in [1.82, 2.24) is 4.98 Å². The Hall–Kier alpha value is -0.610. The van der Waals surface area contributed by atoms with Crippen LogP contribution in [0.2, 0.25) is 0 Å². The van der Waals surface area contributed by atoms with Gasteiger partial charge >= 0.3 is 0 Å². The highest BCUT2D eigenvalue weighted by Crippen LogP contribution is 2.60. The number of aromatic nitrogens is 1. The molecular weight excluding hydrogens is 244 g/mol. The molecule has 98 valence electrons. The molecule has 0 radical (unpaired) electrons. The Bertz CT molecular complexity index is 442. The van der Waals surface area contributed by atoms with Crippen LogP contribution in [0.25, 0.3) is 0 Å². The Labute approximate surface area is 111 Å². The fourth-order valence-electron chi connectivity index (χ4n) is 5.07. The lowest BCUT2D eigenvalue weighted by molar-refractivity contribution is -0.00381. The predicted molar refractivity (Wildman–Crippen MR) is 72.2 cm³/mol. The van der Waals surface area contributed by atoms with E-state index in [-0.39, 0.29) is 6.61 Å². The molecule has 1 aromatic heterocycles. The fraction of sp³-hybridized carbons (Fsp3) is 0.786. The molecule has 4 aliphatic rings. The van der Waals surface area contributed by atoms with Crippen LogP contribution >= 0.6 is 11.3 Å². The third-order valence-electron chi connectivity index (χ3n) is 5.40. The number of aliphatic hydroxyl groups excluding tert-OH is 1. The molecule has 1 heterocycles. The van der Waals surface area contributed by atoms with Gasteiger partial charge in [-0.2, -0.15) is 0 Å². The first-order valence-electron chi connectivity index (χ1n) is 7.10. The van der Waals surface area contributed by atoms with Crippen molar-refractivity contribution in [3.05, 3.63) is 10.7 Å². The molecule has 4 bridgehead atoms. The summed E-state index contributed by atoms with van der Waals surface area (Å²) in [6, 6.07) is 0. The minimum absolute atomic E-state index is 0.0299. The van der Waals surface area contributed by atoms with E-state index in [2.05, 4.69) is 4.98 Å². The van der Waals surface area contributed by atoms with Gasteiger partial charge in [-0.15, -0.1) is 0 Å². The minimum atomic E-state index is 0.0299. The van der Waals surface area contributed by atoms with E-state index >= 15 is 0 Å². The highest BCUT2D eigenvalue weighted by molar-refractivity contribution is 7.15. The maximum atomic E-state index is 9.22. The summed E-state index contributed by atoms with van der Waals surface area (Å²) in [6.07, 6.45) is 7.05. The lowest BCUT2D eigenvalue weighted by Gasteiger charge is -2.54. The molecule has 0 aliphatic heterocycles. The molecule has 0 atom stereocenters. The van der Waals surface area contributed by atoms with Crippen LogP contribution in [-0.2, 0) is 6.61 Å². The van der Waals surface area contributed by atoms with E-state index in [4.69, 9.17) is 5.73 Å². The molecule has 0 spiro atoms. The monoisotopic (exact) mass is 264 g/mol. The number of nitrogens with zero attached hydrogens (tertiary/aromatic N) is 1. The third kappa shape index (κ3) is 1.55. The van der Waals surface area contributed by atoms with Crippen LogP contribution in [0.4, 0.5) is 5.00 Å². The Balaban J connectivity index is 1.69. The summed E-state index contributed by atoms with van der Waals surface area (Å²) in [4.78, 5) is 4.62. The number of nitrogen functional groups attached to an aromatic ring is 1. The van der Waals surface area contributed by atoms with Crippen LogP contribution in [0, 0.1) is 23.7 Å². The van der Waals surface area contributed by atoms with Gasteiger partial charge in [0.05, 0.1) is 12.3 Å². The molecule has 0 aromatic carbocycles. The van der Waals surface area contributed by atoms with Crippen LogP contribution in [0.5, 0.6) is 0 Å². The molecule has 1 aromatic rings.